The standard InChI is InChI=1S/C21H17BrN6O4/c1-2-19-23-10-16(21(30)31)20(29)28(19)15-7-8-18(17(9-15)27-12-24-25-26-27)32-11-13-3-5-14(22)6-4-13/h3-10,12H,2,11H2,1H3,(H,30,31). The van der Waals surface area contributed by atoms with Crippen LogP contribution in [-0.2, 0) is 13.0 Å². The number of nitrogens with zero attached hydrogens (tertiary/aromatic N) is 6. The Balaban J connectivity index is 1.79. The second-order valence-corrected chi connectivity index (χ2v) is 7.62. The highest BCUT2D eigenvalue weighted by Gasteiger charge is 2.18. The first-order valence-electron chi connectivity index (χ1n) is 9.57. The van der Waals surface area contributed by atoms with Crippen LogP contribution in [0.15, 0.2) is 64.3 Å². The van der Waals surface area contributed by atoms with E-state index in [2.05, 4.69) is 36.4 Å². The number of halogens is 1. The van der Waals surface area contributed by atoms with Crippen LogP contribution in [0.4, 0.5) is 0 Å². The van der Waals surface area contributed by atoms with E-state index in [9.17, 15) is 14.7 Å². The van der Waals surface area contributed by atoms with E-state index in [1.807, 2.05) is 31.2 Å². The van der Waals surface area contributed by atoms with Crippen molar-refractivity contribution < 1.29 is 14.6 Å². The van der Waals surface area contributed by atoms with Crippen molar-refractivity contribution in [3.63, 3.8) is 0 Å². The van der Waals surface area contributed by atoms with Crippen molar-refractivity contribution in [2.75, 3.05) is 0 Å². The monoisotopic (exact) mass is 496 g/mol. The van der Waals surface area contributed by atoms with Gasteiger partial charge in [0.1, 0.15) is 35.8 Å². The first-order chi connectivity index (χ1) is 15.5. The first kappa shape index (κ1) is 21.4. The zero-order chi connectivity index (χ0) is 22.7. The molecule has 4 rings (SSSR count). The fourth-order valence-electron chi connectivity index (χ4n) is 3.11. The van der Waals surface area contributed by atoms with E-state index in [1.165, 1.54) is 15.6 Å². The van der Waals surface area contributed by atoms with Gasteiger partial charge in [-0.25, -0.2) is 9.78 Å². The quantitative estimate of drug-likeness (QED) is 0.413. The molecule has 0 unspecified atom stereocenters. The summed E-state index contributed by atoms with van der Waals surface area (Å²) in [4.78, 5) is 28.5. The molecule has 2 heterocycles. The van der Waals surface area contributed by atoms with Gasteiger partial charge < -0.3 is 9.84 Å². The maximum atomic E-state index is 12.9. The molecule has 32 heavy (non-hydrogen) atoms. The summed E-state index contributed by atoms with van der Waals surface area (Å²) in [7, 11) is 0. The highest BCUT2D eigenvalue weighted by atomic mass is 79.9. The number of carboxylic acids is 1. The Hall–Kier alpha value is -3.86. The molecule has 0 radical (unpaired) electrons. The Labute approximate surface area is 190 Å². The number of hydrogen-bond acceptors (Lipinski definition) is 7. The minimum absolute atomic E-state index is 0.304. The average Bonchev–Trinajstić information content (AvgIpc) is 3.33. The third-order valence-electron chi connectivity index (χ3n) is 4.69. The second kappa shape index (κ2) is 9.10. The lowest BCUT2D eigenvalue weighted by molar-refractivity contribution is 0.0694. The van der Waals surface area contributed by atoms with Crippen LogP contribution in [0.2, 0.25) is 0 Å². The van der Waals surface area contributed by atoms with Gasteiger partial charge in [-0.05, 0) is 46.3 Å². The molecule has 0 spiro atoms. The predicted octanol–water partition coefficient (Wildman–Crippen LogP) is 2.81. The normalized spacial score (nSPS) is 10.8. The number of carboxylic acid groups (broad SMARTS) is 1. The second-order valence-electron chi connectivity index (χ2n) is 6.71. The van der Waals surface area contributed by atoms with Crippen molar-refractivity contribution in [1.82, 2.24) is 29.8 Å². The molecule has 2 aromatic carbocycles. The minimum atomic E-state index is -1.34. The van der Waals surface area contributed by atoms with Crippen LogP contribution in [0, 0.1) is 0 Å². The molecule has 4 aromatic rings. The van der Waals surface area contributed by atoms with E-state index in [0.717, 1.165) is 16.2 Å². The molecule has 0 atom stereocenters. The maximum Gasteiger partial charge on any atom is 0.342 e. The molecule has 10 nitrogen and oxygen atoms in total. The van der Waals surface area contributed by atoms with Crippen LogP contribution in [0.3, 0.4) is 0 Å². The van der Waals surface area contributed by atoms with Crippen molar-refractivity contribution in [1.29, 1.82) is 0 Å². The predicted molar refractivity (Wildman–Crippen MR) is 117 cm³/mol. The van der Waals surface area contributed by atoms with Gasteiger partial charge in [0.25, 0.3) is 5.56 Å². The summed E-state index contributed by atoms with van der Waals surface area (Å²) in [5.74, 6) is -0.433. The summed E-state index contributed by atoms with van der Waals surface area (Å²) in [6, 6.07) is 12.7. The number of aromatic nitrogens is 6. The number of aryl methyl sites for hydroxylation is 1. The topological polar surface area (TPSA) is 125 Å². The molecule has 0 aliphatic rings. The molecule has 11 heteroatoms. The Morgan fingerprint density at radius 1 is 1.19 bits per heavy atom. The molecule has 1 N–H and O–H groups in total. The number of benzene rings is 2. The first-order valence-corrected chi connectivity index (χ1v) is 10.4. The molecule has 0 aliphatic carbocycles. The lowest BCUT2D eigenvalue weighted by Gasteiger charge is -2.16. The van der Waals surface area contributed by atoms with E-state index in [1.54, 1.807) is 18.2 Å². The molecule has 0 saturated heterocycles. The van der Waals surface area contributed by atoms with E-state index >= 15 is 0 Å². The number of rotatable bonds is 7. The molecule has 0 amide bonds. The highest BCUT2D eigenvalue weighted by molar-refractivity contribution is 9.10. The smallest absolute Gasteiger partial charge is 0.342 e. The zero-order valence-corrected chi connectivity index (χ0v) is 18.4. The summed E-state index contributed by atoms with van der Waals surface area (Å²) in [6.07, 6.45) is 2.91. The van der Waals surface area contributed by atoms with E-state index in [4.69, 9.17) is 4.74 Å². The summed E-state index contributed by atoms with van der Waals surface area (Å²) >= 11 is 3.40. The van der Waals surface area contributed by atoms with Gasteiger partial charge in [0.2, 0.25) is 0 Å². The SMILES string of the molecule is CCc1ncc(C(=O)O)c(=O)n1-c1ccc(OCc2ccc(Br)cc2)c(-n2cnnn2)c1. The van der Waals surface area contributed by atoms with Crippen LogP contribution in [0.1, 0.15) is 28.7 Å². The van der Waals surface area contributed by atoms with Crippen molar-refractivity contribution in [3.8, 4) is 17.1 Å². The molecular weight excluding hydrogens is 480 g/mol. The fraction of sp³-hybridized carbons (Fsp3) is 0.143. The summed E-state index contributed by atoms with van der Waals surface area (Å²) in [6.45, 7) is 2.13. The van der Waals surface area contributed by atoms with E-state index in [0.29, 0.717) is 36.0 Å². The minimum Gasteiger partial charge on any atom is -0.487 e. The maximum absolute atomic E-state index is 12.9. The lowest BCUT2D eigenvalue weighted by atomic mass is 10.2. The number of ether oxygens (including phenoxy) is 1. The largest absolute Gasteiger partial charge is 0.487 e. The molecule has 0 fully saturated rings. The summed E-state index contributed by atoms with van der Waals surface area (Å²) < 4.78 is 9.65. The number of hydrogen-bond donors (Lipinski definition) is 1. The van der Waals surface area contributed by atoms with Gasteiger partial charge >= 0.3 is 5.97 Å². The van der Waals surface area contributed by atoms with Gasteiger partial charge in [-0.2, -0.15) is 4.68 Å². The van der Waals surface area contributed by atoms with Gasteiger partial charge in [-0.1, -0.05) is 35.0 Å². The Kier molecular flexibility index (Phi) is 6.08. The lowest BCUT2D eigenvalue weighted by Crippen LogP contribution is -2.28. The Morgan fingerprint density at radius 2 is 1.97 bits per heavy atom. The van der Waals surface area contributed by atoms with Crippen molar-refractivity contribution in [3.05, 3.63) is 86.8 Å². The van der Waals surface area contributed by atoms with Crippen molar-refractivity contribution in [2.45, 2.75) is 20.0 Å². The third-order valence-corrected chi connectivity index (χ3v) is 5.21. The number of aromatic carboxylic acids is 1. The Bertz CT molecular complexity index is 1320. The van der Waals surface area contributed by atoms with E-state index in [-0.39, 0.29) is 0 Å². The third kappa shape index (κ3) is 4.28. The molecule has 0 bridgehead atoms. The van der Waals surface area contributed by atoms with Crippen LogP contribution < -0.4 is 10.3 Å². The van der Waals surface area contributed by atoms with Crippen LogP contribution in [0.25, 0.3) is 11.4 Å². The Morgan fingerprint density at radius 3 is 2.62 bits per heavy atom. The van der Waals surface area contributed by atoms with Crippen molar-refractivity contribution >= 4 is 21.9 Å². The van der Waals surface area contributed by atoms with E-state index < -0.39 is 17.1 Å². The van der Waals surface area contributed by atoms with Crippen LogP contribution in [0.5, 0.6) is 5.75 Å². The van der Waals surface area contributed by atoms with Gasteiger partial charge in [-0.15, -0.1) is 5.10 Å². The van der Waals surface area contributed by atoms with Gasteiger partial charge in [0.15, 0.2) is 0 Å². The molecule has 162 valence electrons. The average molecular weight is 497 g/mol. The molecular formula is C21H17BrN6O4. The summed E-state index contributed by atoms with van der Waals surface area (Å²) in [5.41, 5.74) is 0.781. The molecule has 0 saturated carbocycles. The van der Waals surface area contributed by atoms with Crippen LogP contribution in [-0.4, -0.2) is 40.8 Å². The zero-order valence-electron chi connectivity index (χ0n) is 16.8. The van der Waals surface area contributed by atoms with Gasteiger partial charge in [-0.3, -0.25) is 9.36 Å². The summed E-state index contributed by atoms with van der Waals surface area (Å²) in [5, 5.41) is 20.6. The number of carbonyl (C=O) groups is 1. The van der Waals surface area contributed by atoms with Crippen LogP contribution >= 0.6 is 15.9 Å². The van der Waals surface area contributed by atoms with Crippen molar-refractivity contribution in [2.24, 2.45) is 0 Å². The fourth-order valence-corrected chi connectivity index (χ4v) is 3.38. The van der Waals surface area contributed by atoms with Gasteiger partial charge in [0.05, 0.1) is 5.69 Å². The van der Waals surface area contributed by atoms with Gasteiger partial charge in [0, 0.05) is 17.1 Å². The molecule has 2 aromatic heterocycles. The molecule has 0 aliphatic heterocycles. The number of tetrazole rings is 1. The highest BCUT2D eigenvalue weighted by Crippen LogP contribution is 2.26.